The number of benzene rings is 1. The highest BCUT2D eigenvalue weighted by Gasteiger charge is 2.04. The first kappa shape index (κ1) is 15.7. The lowest BCUT2D eigenvalue weighted by molar-refractivity contribution is -0.116. The second kappa shape index (κ2) is 7.41. The van der Waals surface area contributed by atoms with E-state index in [9.17, 15) is 4.79 Å². The Bertz CT molecular complexity index is 798. The molecule has 0 fully saturated rings. The molecule has 0 unspecified atom stereocenters. The molecule has 0 aliphatic carbocycles. The minimum absolute atomic E-state index is 0.0123. The first-order valence-electron chi connectivity index (χ1n) is 7.78. The topological polar surface area (TPSA) is 69.0 Å². The van der Waals surface area contributed by atoms with Crippen molar-refractivity contribution in [1.82, 2.24) is 14.5 Å². The summed E-state index contributed by atoms with van der Waals surface area (Å²) in [6.07, 6.45) is 6.61. The van der Waals surface area contributed by atoms with Crippen molar-refractivity contribution in [3.63, 3.8) is 0 Å². The Morgan fingerprint density at radius 3 is 2.62 bits per heavy atom. The molecule has 122 valence electrons. The summed E-state index contributed by atoms with van der Waals surface area (Å²) in [4.78, 5) is 19.9. The first-order chi connectivity index (χ1) is 11.7. The maximum Gasteiger partial charge on any atom is 0.224 e. The summed E-state index contributed by atoms with van der Waals surface area (Å²) in [7, 11) is 0. The maximum absolute atomic E-state index is 11.6. The van der Waals surface area contributed by atoms with E-state index in [2.05, 4.69) is 15.3 Å². The van der Waals surface area contributed by atoms with Gasteiger partial charge in [0.15, 0.2) is 0 Å². The number of ether oxygens (including phenoxy) is 1. The van der Waals surface area contributed by atoms with E-state index in [1.54, 1.807) is 30.3 Å². The minimum Gasteiger partial charge on any atom is -0.439 e. The molecule has 6 nitrogen and oxygen atoms in total. The van der Waals surface area contributed by atoms with Gasteiger partial charge in [0.1, 0.15) is 17.9 Å². The lowest BCUT2D eigenvalue weighted by Gasteiger charge is -2.08. The minimum atomic E-state index is 0.0123. The zero-order chi connectivity index (χ0) is 16.8. The van der Waals surface area contributed by atoms with Crippen LogP contribution in [-0.2, 0) is 4.79 Å². The number of anilines is 1. The summed E-state index contributed by atoms with van der Waals surface area (Å²) in [5.74, 6) is 1.84. The molecule has 1 amide bonds. The molecule has 1 aromatic carbocycles. The zero-order valence-electron chi connectivity index (χ0n) is 13.3. The van der Waals surface area contributed by atoms with Gasteiger partial charge in [-0.1, -0.05) is 6.92 Å². The van der Waals surface area contributed by atoms with E-state index in [0.29, 0.717) is 18.1 Å². The van der Waals surface area contributed by atoms with Crippen LogP contribution in [-0.4, -0.2) is 20.4 Å². The molecule has 6 heteroatoms. The van der Waals surface area contributed by atoms with Crippen molar-refractivity contribution in [2.75, 3.05) is 5.32 Å². The normalized spacial score (nSPS) is 10.4. The van der Waals surface area contributed by atoms with Gasteiger partial charge in [0.2, 0.25) is 11.8 Å². The number of carbonyl (C=O) groups excluding carboxylic acids is 1. The van der Waals surface area contributed by atoms with E-state index in [-0.39, 0.29) is 5.91 Å². The molecular weight excluding hydrogens is 304 g/mol. The van der Waals surface area contributed by atoms with Crippen molar-refractivity contribution in [3.05, 3.63) is 61.2 Å². The van der Waals surface area contributed by atoms with E-state index in [1.807, 2.05) is 36.0 Å². The van der Waals surface area contributed by atoms with Gasteiger partial charge in [-0.25, -0.2) is 9.97 Å². The quantitative estimate of drug-likeness (QED) is 0.749. The van der Waals surface area contributed by atoms with E-state index in [4.69, 9.17) is 4.74 Å². The fourth-order valence-corrected chi connectivity index (χ4v) is 2.19. The van der Waals surface area contributed by atoms with Crippen molar-refractivity contribution in [1.29, 1.82) is 0 Å². The van der Waals surface area contributed by atoms with Crippen LogP contribution in [0.25, 0.3) is 5.82 Å². The molecule has 3 rings (SSSR count). The average Bonchev–Trinajstić information content (AvgIpc) is 3.12. The Morgan fingerprint density at radius 2 is 1.92 bits per heavy atom. The smallest absolute Gasteiger partial charge is 0.224 e. The summed E-state index contributed by atoms with van der Waals surface area (Å²) in [5, 5.41) is 2.84. The molecule has 2 heterocycles. The molecular formula is C18H18N4O2. The highest BCUT2D eigenvalue weighted by atomic mass is 16.5. The second-order valence-electron chi connectivity index (χ2n) is 5.23. The van der Waals surface area contributed by atoms with Gasteiger partial charge in [0, 0.05) is 30.6 Å². The van der Waals surface area contributed by atoms with E-state index in [0.717, 1.165) is 17.9 Å². The van der Waals surface area contributed by atoms with E-state index in [1.165, 1.54) is 6.33 Å². The summed E-state index contributed by atoms with van der Waals surface area (Å²) in [5.41, 5.74) is 0.747. The molecule has 24 heavy (non-hydrogen) atoms. The molecule has 0 radical (unpaired) electrons. The third kappa shape index (κ3) is 3.98. The summed E-state index contributed by atoms with van der Waals surface area (Å²) in [6, 6.07) is 12.8. The van der Waals surface area contributed by atoms with Crippen molar-refractivity contribution in [3.8, 4) is 17.4 Å². The standard InChI is InChI=1S/C18H18N4O2/c1-2-5-17(23)21-14-6-8-15(9-7-14)24-18-12-16(19-13-20-18)22-10-3-4-11-22/h3-4,6-13H,2,5H2,1H3,(H,21,23). The number of rotatable bonds is 6. The Kier molecular flexibility index (Phi) is 4.86. The van der Waals surface area contributed by atoms with Crippen molar-refractivity contribution in [2.24, 2.45) is 0 Å². The van der Waals surface area contributed by atoms with Crippen LogP contribution in [0.1, 0.15) is 19.8 Å². The van der Waals surface area contributed by atoms with Crippen molar-refractivity contribution >= 4 is 11.6 Å². The van der Waals surface area contributed by atoms with Gasteiger partial charge >= 0.3 is 0 Å². The van der Waals surface area contributed by atoms with Gasteiger partial charge in [-0.05, 0) is 42.8 Å². The highest BCUT2D eigenvalue weighted by molar-refractivity contribution is 5.90. The molecule has 0 bridgehead atoms. The van der Waals surface area contributed by atoms with Crippen molar-refractivity contribution < 1.29 is 9.53 Å². The fraction of sp³-hybridized carbons (Fsp3) is 0.167. The molecule has 0 saturated heterocycles. The van der Waals surface area contributed by atoms with Gasteiger partial charge in [-0.3, -0.25) is 4.79 Å². The SMILES string of the molecule is CCCC(=O)Nc1ccc(Oc2cc(-n3cccc3)ncn2)cc1. The van der Waals surface area contributed by atoms with Crippen LogP contribution in [0.4, 0.5) is 5.69 Å². The monoisotopic (exact) mass is 322 g/mol. The molecule has 0 aliphatic heterocycles. The third-order valence-electron chi connectivity index (χ3n) is 3.33. The largest absolute Gasteiger partial charge is 0.439 e. The van der Waals surface area contributed by atoms with E-state index >= 15 is 0 Å². The van der Waals surface area contributed by atoms with Crippen LogP contribution >= 0.6 is 0 Å². The summed E-state index contributed by atoms with van der Waals surface area (Å²) < 4.78 is 7.62. The molecule has 0 atom stereocenters. The van der Waals surface area contributed by atoms with Gasteiger partial charge in [0.05, 0.1) is 0 Å². The zero-order valence-corrected chi connectivity index (χ0v) is 13.3. The molecule has 0 spiro atoms. The molecule has 0 aliphatic rings. The Balaban J connectivity index is 1.68. The number of amides is 1. The van der Waals surface area contributed by atoms with Crippen LogP contribution in [0.5, 0.6) is 11.6 Å². The molecule has 0 saturated carbocycles. The number of nitrogens with zero attached hydrogens (tertiary/aromatic N) is 3. The average molecular weight is 322 g/mol. The van der Waals surface area contributed by atoms with E-state index < -0.39 is 0 Å². The van der Waals surface area contributed by atoms with Crippen LogP contribution in [0.2, 0.25) is 0 Å². The predicted octanol–water partition coefficient (Wildman–Crippen LogP) is 3.80. The van der Waals surface area contributed by atoms with Gasteiger partial charge in [-0.2, -0.15) is 0 Å². The summed E-state index contributed by atoms with van der Waals surface area (Å²) >= 11 is 0. The molecule has 2 aromatic heterocycles. The fourth-order valence-electron chi connectivity index (χ4n) is 2.19. The number of hydrogen-bond donors (Lipinski definition) is 1. The van der Waals surface area contributed by atoms with Crippen LogP contribution in [0.3, 0.4) is 0 Å². The predicted molar refractivity (Wildman–Crippen MR) is 91.4 cm³/mol. The lowest BCUT2D eigenvalue weighted by atomic mass is 10.2. The Morgan fingerprint density at radius 1 is 1.17 bits per heavy atom. The molecule has 3 aromatic rings. The van der Waals surface area contributed by atoms with Crippen LogP contribution in [0, 0.1) is 0 Å². The second-order valence-corrected chi connectivity index (χ2v) is 5.23. The third-order valence-corrected chi connectivity index (χ3v) is 3.33. The molecule has 1 N–H and O–H groups in total. The first-order valence-corrected chi connectivity index (χ1v) is 7.78. The number of aromatic nitrogens is 3. The number of nitrogens with one attached hydrogen (secondary N) is 1. The number of carbonyl (C=O) groups is 1. The number of hydrogen-bond acceptors (Lipinski definition) is 4. The maximum atomic E-state index is 11.6. The highest BCUT2D eigenvalue weighted by Crippen LogP contribution is 2.22. The summed E-state index contributed by atoms with van der Waals surface area (Å²) in [6.45, 7) is 1.97. The van der Waals surface area contributed by atoms with Crippen LogP contribution < -0.4 is 10.1 Å². The Labute approximate surface area is 140 Å². The Hall–Kier alpha value is -3.15. The van der Waals surface area contributed by atoms with Crippen molar-refractivity contribution in [2.45, 2.75) is 19.8 Å². The van der Waals surface area contributed by atoms with Gasteiger partial charge in [-0.15, -0.1) is 0 Å². The van der Waals surface area contributed by atoms with Crippen LogP contribution in [0.15, 0.2) is 61.2 Å². The lowest BCUT2D eigenvalue weighted by Crippen LogP contribution is -2.10. The van der Waals surface area contributed by atoms with Gasteiger partial charge in [0.25, 0.3) is 0 Å². The van der Waals surface area contributed by atoms with Gasteiger partial charge < -0.3 is 14.6 Å².